The van der Waals surface area contributed by atoms with Crippen LogP contribution in [0.4, 0.5) is 0 Å². The van der Waals surface area contributed by atoms with E-state index in [2.05, 4.69) is 20.2 Å². The van der Waals surface area contributed by atoms with Crippen molar-refractivity contribution < 1.29 is 13.9 Å². The number of nitrogens with zero attached hydrogens (tertiary/aromatic N) is 3. The minimum absolute atomic E-state index is 0.0359. The van der Waals surface area contributed by atoms with Crippen LogP contribution >= 0.6 is 0 Å². The molecule has 134 valence electrons. The van der Waals surface area contributed by atoms with Gasteiger partial charge in [0.2, 0.25) is 0 Å². The summed E-state index contributed by atoms with van der Waals surface area (Å²) in [7, 11) is 0. The lowest BCUT2D eigenvalue weighted by Crippen LogP contribution is -2.43. The Hall–Kier alpha value is -2.77. The zero-order valence-electron chi connectivity index (χ0n) is 14.3. The number of carbonyl (C=O) groups excluding carboxylic acids is 1. The first-order valence-electron chi connectivity index (χ1n) is 8.66. The highest BCUT2D eigenvalue weighted by Gasteiger charge is 2.25. The zero-order valence-corrected chi connectivity index (χ0v) is 14.3. The highest BCUT2D eigenvalue weighted by atomic mass is 16.5. The zero-order chi connectivity index (χ0) is 17.8. The number of fused-ring (bicyclic) bond motifs is 1. The Bertz CT molecular complexity index is 875. The molecule has 3 heterocycles. The van der Waals surface area contributed by atoms with Gasteiger partial charge >= 0.3 is 0 Å². The van der Waals surface area contributed by atoms with Crippen LogP contribution in [-0.4, -0.2) is 53.6 Å². The fourth-order valence-corrected chi connectivity index (χ4v) is 3.13. The normalized spacial score (nSPS) is 16.5. The summed E-state index contributed by atoms with van der Waals surface area (Å²) in [6, 6.07) is 11.2. The first-order chi connectivity index (χ1) is 12.8. The average Bonchev–Trinajstić information content (AvgIpc) is 3.23. The summed E-state index contributed by atoms with van der Waals surface area (Å²) in [4.78, 5) is 23.5. The van der Waals surface area contributed by atoms with Gasteiger partial charge in [-0.1, -0.05) is 12.1 Å². The van der Waals surface area contributed by atoms with E-state index in [-0.39, 0.29) is 11.9 Å². The lowest BCUT2D eigenvalue weighted by Gasteiger charge is -2.33. The molecule has 0 spiro atoms. The number of morpholine rings is 1. The number of nitrogens with one attached hydrogen (secondary N) is 1. The van der Waals surface area contributed by atoms with Crippen molar-refractivity contribution in [2.45, 2.75) is 6.04 Å². The monoisotopic (exact) mass is 352 g/mol. The van der Waals surface area contributed by atoms with Gasteiger partial charge in [-0.2, -0.15) is 0 Å². The minimum Gasteiger partial charge on any atom is -0.468 e. The van der Waals surface area contributed by atoms with E-state index in [4.69, 9.17) is 9.15 Å². The van der Waals surface area contributed by atoms with Crippen molar-refractivity contribution in [3.05, 3.63) is 60.3 Å². The highest BCUT2D eigenvalue weighted by Crippen LogP contribution is 2.21. The van der Waals surface area contributed by atoms with Crippen LogP contribution in [0.5, 0.6) is 0 Å². The van der Waals surface area contributed by atoms with Crippen molar-refractivity contribution in [2.24, 2.45) is 0 Å². The van der Waals surface area contributed by atoms with Gasteiger partial charge in [0.1, 0.15) is 11.5 Å². The smallest absolute Gasteiger partial charge is 0.271 e. The molecular weight excluding hydrogens is 332 g/mol. The maximum Gasteiger partial charge on any atom is 0.271 e. The fraction of sp³-hybridized carbons (Fsp3) is 0.316. The summed E-state index contributed by atoms with van der Waals surface area (Å²) in [6.07, 6.45) is 3.16. The lowest BCUT2D eigenvalue weighted by molar-refractivity contribution is 0.0118. The Kier molecular flexibility index (Phi) is 4.90. The molecule has 4 rings (SSSR count). The third-order valence-electron chi connectivity index (χ3n) is 4.50. The van der Waals surface area contributed by atoms with Crippen molar-refractivity contribution in [1.82, 2.24) is 20.2 Å². The summed E-state index contributed by atoms with van der Waals surface area (Å²) < 4.78 is 11.0. The maximum atomic E-state index is 12.6. The van der Waals surface area contributed by atoms with Gasteiger partial charge in [0, 0.05) is 19.6 Å². The molecule has 1 aliphatic heterocycles. The van der Waals surface area contributed by atoms with Crippen LogP contribution in [0.3, 0.4) is 0 Å². The van der Waals surface area contributed by atoms with Gasteiger partial charge < -0.3 is 14.5 Å². The first-order valence-corrected chi connectivity index (χ1v) is 8.66. The fourth-order valence-electron chi connectivity index (χ4n) is 3.13. The number of aromatic nitrogens is 2. The molecule has 1 unspecified atom stereocenters. The molecule has 7 nitrogen and oxygen atoms in total. The molecule has 0 bridgehead atoms. The van der Waals surface area contributed by atoms with Crippen molar-refractivity contribution >= 4 is 16.9 Å². The Balaban J connectivity index is 1.48. The summed E-state index contributed by atoms with van der Waals surface area (Å²) in [5.41, 5.74) is 1.78. The van der Waals surface area contributed by atoms with Crippen molar-refractivity contribution in [3.63, 3.8) is 0 Å². The van der Waals surface area contributed by atoms with Gasteiger partial charge in [0.25, 0.3) is 5.91 Å². The summed E-state index contributed by atoms with van der Waals surface area (Å²) in [6.45, 7) is 3.40. The SMILES string of the molecule is O=C(NCC(c1ccco1)N1CCOCC1)c1cnc2ccccc2n1. The molecule has 1 saturated heterocycles. The van der Waals surface area contributed by atoms with Gasteiger partial charge in [0.15, 0.2) is 0 Å². The van der Waals surface area contributed by atoms with Crippen molar-refractivity contribution in [2.75, 3.05) is 32.8 Å². The molecule has 2 aromatic heterocycles. The second kappa shape index (κ2) is 7.63. The number of benzene rings is 1. The minimum atomic E-state index is -0.243. The second-order valence-corrected chi connectivity index (χ2v) is 6.13. The third-order valence-corrected chi connectivity index (χ3v) is 4.50. The quantitative estimate of drug-likeness (QED) is 0.757. The van der Waals surface area contributed by atoms with Gasteiger partial charge in [-0.25, -0.2) is 4.98 Å². The van der Waals surface area contributed by atoms with E-state index in [1.165, 1.54) is 6.20 Å². The molecule has 0 saturated carbocycles. The molecule has 1 aliphatic rings. The van der Waals surface area contributed by atoms with Crippen LogP contribution in [0.25, 0.3) is 11.0 Å². The Morgan fingerprint density at radius 1 is 1.15 bits per heavy atom. The van der Waals surface area contributed by atoms with Crippen molar-refractivity contribution in [1.29, 1.82) is 0 Å². The molecule has 1 aromatic carbocycles. The van der Waals surface area contributed by atoms with Gasteiger partial charge in [-0.05, 0) is 24.3 Å². The van der Waals surface area contributed by atoms with E-state index < -0.39 is 0 Å². The molecule has 0 radical (unpaired) electrons. The number of para-hydroxylation sites is 2. The Labute approximate surface area is 151 Å². The van der Waals surface area contributed by atoms with Crippen LogP contribution in [0.1, 0.15) is 22.3 Å². The molecule has 0 aliphatic carbocycles. The second-order valence-electron chi connectivity index (χ2n) is 6.13. The van der Waals surface area contributed by atoms with E-state index in [1.54, 1.807) is 6.26 Å². The summed E-state index contributed by atoms with van der Waals surface area (Å²) in [5, 5.41) is 2.97. The molecule has 1 N–H and O–H groups in total. The van der Waals surface area contributed by atoms with Crippen LogP contribution in [0.2, 0.25) is 0 Å². The Morgan fingerprint density at radius 2 is 1.96 bits per heavy atom. The highest BCUT2D eigenvalue weighted by molar-refractivity contribution is 5.93. The average molecular weight is 352 g/mol. The van der Waals surface area contributed by atoms with Crippen LogP contribution in [0.15, 0.2) is 53.3 Å². The van der Waals surface area contributed by atoms with E-state index in [9.17, 15) is 4.79 Å². The number of amides is 1. The number of hydrogen-bond acceptors (Lipinski definition) is 6. The third kappa shape index (κ3) is 3.58. The van der Waals surface area contributed by atoms with Crippen molar-refractivity contribution in [3.8, 4) is 0 Å². The van der Waals surface area contributed by atoms with Gasteiger partial charge in [-0.15, -0.1) is 0 Å². The predicted molar refractivity (Wildman–Crippen MR) is 95.7 cm³/mol. The largest absolute Gasteiger partial charge is 0.468 e. The number of ether oxygens (including phenoxy) is 1. The van der Waals surface area contributed by atoms with E-state index >= 15 is 0 Å². The molecule has 1 atom stereocenters. The van der Waals surface area contributed by atoms with Gasteiger partial charge in [-0.3, -0.25) is 14.7 Å². The standard InChI is InChI=1S/C19H20N4O3/c24-19(16-12-20-14-4-1-2-5-15(14)22-16)21-13-17(18-6-3-9-26-18)23-7-10-25-11-8-23/h1-6,9,12,17H,7-8,10-11,13H2,(H,21,24). The van der Waals surface area contributed by atoms with E-state index in [0.717, 1.165) is 24.4 Å². The van der Waals surface area contributed by atoms with Crippen LogP contribution in [-0.2, 0) is 4.74 Å². The summed E-state index contributed by atoms with van der Waals surface area (Å²) in [5.74, 6) is 0.588. The predicted octanol–water partition coefficient (Wildman–Crippen LogP) is 2.03. The first kappa shape index (κ1) is 16.7. The number of hydrogen-bond donors (Lipinski definition) is 1. The molecule has 26 heavy (non-hydrogen) atoms. The maximum absolute atomic E-state index is 12.6. The number of rotatable bonds is 5. The Morgan fingerprint density at radius 3 is 2.73 bits per heavy atom. The summed E-state index contributed by atoms with van der Waals surface area (Å²) >= 11 is 0. The number of carbonyl (C=O) groups is 1. The van der Waals surface area contributed by atoms with Gasteiger partial charge in [0.05, 0.1) is 42.7 Å². The topological polar surface area (TPSA) is 80.5 Å². The molecule has 1 fully saturated rings. The molecule has 1 amide bonds. The molecular formula is C19H20N4O3. The molecule has 7 heteroatoms. The van der Waals surface area contributed by atoms with Crippen LogP contribution < -0.4 is 5.32 Å². The van der Waals surface area contributed by atoms with Crippen LogP contribution in [0, 0.1) is 0 Å². The van der Waals surface area contributed by atoms with E-state index in [0.29, 0.717) is 31.0 Å². The van der Waals surface area contributed by atoms with E-state index in [1.807, 2.05) is 36.4 Å². The lowest BCUT2D eigenvalue weighted by atomic mass is 10.1. The number of furan rings is 1. The molecule has 3 aromatic rings.